The number of carbonyl (C=O) groups is 1. The molecule has 0 amide bonds. The molecule has 0 rings (SSSR count). The van der Waals surface area contributed by atoms with E-state index in [1.165, 1.54) is 6.92 Å². The van der Waals surface area contributed by atoms with E-state index in [1.807, 2.05) is 26.0 Å². The molecule has 4 heteroatoms. The van der Waals surface area contributed by atoms with Crippen molar-refractivity contribution in [2.45, 2.75) is 13.0 Å². The molecule has 3 N–H and O–H groups in total. The van der Waals surface area contributed by atoms with E-state index in [9.17, 15) is 4.79 Å². The summed E-state index contributed by atoms with van der Waals surface area (Å²) in [5.74, 6) is -0.963. The van der Waals surface area contributed by atoms with Crippen LogP contribution in [0.3, 0.4) is 0 Å². The molecule has 0 radical (unpaired) electrons. The predicted octanol–water partition coefficient (Wildman–Crippen LogP) is -0.404. The summed E-state index contributed by atoms with van der Waals surface area (Å²) >= 11 is 0. The number of hydrogen-bond donors (Lipinski definition) is 2. The summed E-state index contributed by atoms with van der Waals surface area (Å²) in [6.45, 7) is 1.42. The van der Waals surface area contributed by atoms with Crippen molar-refractivity contribution in [1.82, 2.24) is 4.90 Å². The zero-order valence-corrected chi connectivity index (χ0v) is 6.96. The van der Waals surface area contributed by atoms with Gasteiger partial charge < -0.3 is 15.7 Å². The summed E-state index contributed by atoms with van der Waals surface area (Å²) in [7, 11) is 6.00. The molecule has 1 atom stereocenters. The van der Waals surface area contributed by atoms with Crippen molar-refractivity contribution in [3.05, 3.63) is 0 Å². The van der Waals surface area contributed by atoms with Gasteiger partial charge in [0.2, 0.25) is 0 Å². The normalized spacial score (nSPS) is 11.8. The second-order valence-electron chi connectivity index (χ2n) is 2.47. The maximum absolute atomic E-state index is 9.57. The minimum Gasteiger partial charge on any atom is -0.480 e. The van der Waals surface area contributed by atoms with Crippen LogP contribution >= 0.6 is 0 Å². The molecule has 0 saturated heterocycles. The summed E-state index contributed by atoms with van der Waals surface area (Å²) in [5, 5.41) is 7.87. The largest absolute Gasteiger partial charge is 0.480 e. The fraction of sp³-hybridized carbons (Fsp3) is 0.833. The Kier molecular flexibility index (Phi) is 7.88. The van der Waals surface area contributed by atoms with Crippen LogP contribution in [0.15, 0.2) is 0 Å². The predicted molar refractivity (Wildman–Crippen MR) is 40.9 cm³/mol. The van der Waals surface area contributed by atoms with Gasteiger partial charge in [-0.15, -0.1) is 0 Å². The second-order valence-corrected chi connectivity index (χ2v) is 2.47. The Balaban J connectivity index is 0. The Bertz CT molecular complexity index is 89.0. The summed E-state index contributed by atoms with van der Waals surface area (Å²) in [6.07, 6.45) is 0. The van der Waals surface area contributed by atoms with Crippen molar-refractivity contribution in [2.75, 3.05) is 21.1 Å². The lowest BCUT2D eigenvalue weighted by Crippen LogP contribution is -2.25. The first-order chi connectivity index (χ1) is 4.37. The lowest BCUT2D eigenvalue weighted by molar-refractivity contribution is -0.138. The van der Waals surface area contributed by atoms with Gasteiger partial charge in [-0.1, -0.05) is 0 Å². The number of carboxylic acid groups (broad SMARTS) is 1. The van der Waals surface area contributed by atoms with E-state index in [-0.39, 0.29) is 0 Å². The molecule has 0 bridgehead atoms. The molecule has 0 aliphatic rings. The van der Waals surface area contributed by atoms with E-state index in [4.69, 9.17) is 10.8 Å². The molecule has 0 aliphatic carbocycles. The molecule has 62 valence electrons. The molecule has 0 heterocycles. The SMILES string of the molecule is CN(C)C.C[C@H](N)C(=O)O. The maximum atomic E-state index is 9.57. The standard InChI is InChI=1S/C3H7NO2.C3H9N/c1-2(4)3(5)6;1-4(2)3/h2H,4H2,1H3,(H,5,6);1-3H3/t2-;/m0./s1. The highest BCUT2D eigenvalue weighted by molar-refractivity contribution is 5.72. The van der Waals surface area contributed by atoms with E-state index in [0.29, 0.717) is 0 Å². The van der Waals surface area contributed by atoms with E-state index in [1.54, 1.807) is 0 Å². The number of hydrogen-bond acceptors (Lipinski definition) is 3. The van der Waals surface area contributed by atoms with Crippen LogP contribution in [-0.4, -0.2) is 43.2 Å². The number of nitrogens with zero attached hydrogens (tertiary/aromatic N) is 1. The molecule has 0 fully saturated rings. The summed E-state index contributed by atoms with van der Waals surface area (Å²) in [5.41, 5.74) is 4.84. The average Bonchev–Trinajstić information content (AvgIpc) is 1.63. The van der Waals surface area contributed by atoms with Gasteiger partial charge in [0.1, 0.15) is 6.04 Å². The first kappa shape index (κ1) is 12.1. The first-order valence-corrected chi connectivity index (χ1v) is 2.97. The fourth-order valence-electron chi connectivity index (χ4n) is 0. The molecule has 0 spiro atoms. The molecule has 4 nitrogen and oxygen atoms in total. The van der Waals surface area contributed by atoms with Gasteiger partial charge in [-0.3, -0.25) is 4.79 Å². The van der Waals surface area contributed by atoms with Crippen molar-refractivity contribution in [1.29, 1.82) is 0 Å². The Morgan fingerprint density at radius 3 is 1.60 bits per heavy atom. The van der Waals surface area contributed by atoms with Gasteiger partial charge in [0.05, 0.1) is 0 Å². The van der Waals surface area contributed by atoms with Crippen LogP contribution in [0.2, 0.25) is 0 Å². The highest BCUT2D eigenvalue weighted by atomic mass is 16.4. The van der Waals surface area contributed by atoms with Crippen molar-refractivity contribution in [2.24, 2.45) is 5.73 Å². The molecule has 0 aromatic carbocycles. The van der Waals surface area contributed by atoms with E-state index >= 15 is 0 Å². The van der Waals surface area contributed by atoms with Crippen LogP contribution in [0.5, 0.6) is 0 Å². The summed E-state index contributed by atoms with van der Waals surface area (Å²) in [6, 6.07) is -0.731. The van der Waals surface area contributed by atoms with Gasteiger partial charge in [-0.2, -0.15) is 0 Å². The smallest absolute Gasteiger partial charge is 0.320 e. The highest BCUT2D eigenvalue weighted by Crippen LogP contribution is 1.68. The van der Waals surface area contributed by atoms with Gasteiger partial charge >= 0.3 is 5.97 Å². The third-order valence-electron chi connectivity index (χ3n) is 0.390. The van der Waals surface area contributed by atoms with E-state index < -0.39 is 12.0 Å². The number of rotatable bonds is 1. The molecule has 0 aromatic rings. The summed E-state index contributed by atoms with van der Waals surface area (Å²) in [4.78, 5) is 11.6. The third kappa shape index (κ3) is 26.3. The number of carboxylic acids is 1. The van der Waals surface area contributed by atoms with Crippen molar-refractivity contribution in [3.63, 3.8) is 0 Å². The van der Waals surface area contributed by atoms with Crippen LogP contribution in [0.1, 0.15) is 6.92 Å². The molecule has 0 unspecified atom stereocenters. The van der Waals surface area contributed by atoms with Crippen LogP contribution in [0, 0.1) is 0 Å². The molecule has 0 aliphatic heterocycles. The van der Waals surface area contributed by atoms with Gasteiger partial charge in [0, 0.05) is 0 Å². The quantitative estimate of drug-likeness (QED) is 0.531. The van der Waals surface area contributed by atoms with Gasteiger partial charge in [0.15, 0.2) is 0 Å². The zero-order chi connectivity index (χ0) is 8.73. The lowest BCUT2D eigenvalue weighted by atomic mass is 10.4. The number of nitrogens with two attached hydrogens (primary N) is 1. The first-order valence-electron chi connectivity index (χ1n) is 2.97. The molecule has 10 heavy (non-hydrogen) atoms. The fourth-order valence-corrected chi connectivity index (χ4v) is 0. The third-order valence-corrected chi connectivity index (χ3v) is 0.390. The topological polar surface area (TPSA) is 66.6 Å². The van der Waals surface area contributed by atoms with Gasteiger partial charge in [0.25, 0.3) is 0 Å². The Morgan fingerprint density at radius 1 is 1.50 bits per heavy atom. The minimum absolute atomic E-state index is 0.731. The van der Waals surface area contributed by atoms with Crippen molar-refractivity contribution in [3.8, 4) is 0 Å². The van der Waals surface area contributed by atoms with Crippen LogP contribution < -0.4 is 5.73 Å². The maximum Gasteiger partial charge on any atom is 0.320 e. The van der Waals surface area contributed by atoms with E-state index in [2.05, 4.69) is 0 Å². The molecule has 0 saturated carbocycles. The molecule has 0 aromatic heterocycles. The zero-order valence-electron chi connectivity index (χ0n) is 6.96. The van der Waals surface area contributed by atoms with Crippen LogP contribution in [-0.2, 0) is 4.79 Å². The van der Waals surface area contributed by atoms with Crippen molar-refractivity contribution < 1.29 is 9.90 Å². The van der Waals surface area contributed by atoms with Crippen LogP contribution in [0.4, 0.5) is 0 Å². The van der Waals surface area contributed by atoms with Gasteiger partial charge in [-0.05, 0) is 28.1 Å². The minimum atomic E-state index is -0.963. The van der Waals surface area contributed by atoms with Gasteiger partial charge in [-0.25, -0.2) is 0 Å². The van der Waals surface area contributed by atoms with Crippen LogP contribution in [0.25, 0.3) is 0 Å². The lowest BCUT2D eigenvalue weighted by Gasteiger charge is -1.90. The second kappa shape index (κ2) is 6.51. The number of aliphatic carboxylic acids is 1. The Hall–Kier alpha value is -0.610. The van der Waals surface area contributed by atoms with Crippen molar-refractivity contribution >= 4 is 5.97 Å². The molecular weight excluding hydrogens is 132 g/mol. The Labute approximate surface area is 61.6 Å². The Morgan fingerprint density at radius 2 is 1.60 bits per heavy atom. The van der Waals surface area contributed by atoms with E-state index in [0.717, 1.165) is 0 Å². The highest BCUT2D eigenvalue weighted by Gasteiger charge is 1.99. The average molecular weight is 148 g/mol. The monoisotopic (exact) mass is 148 g/mol. The summed E-state index contributed by atoms with van der Waals surface area (Å²) < 4.78 is 0. The molecular formula is C6H16N2O2.